The highest BCUT2D eigenvalue weighted by atomic mass is 35.5. The van der Waals surface area contributed by atoms with Crippen molar-refractivity contribution in [3.05, 3.63) is 92.8 Å². The molecule has 1 aromatic heterocycles. The van der Waals surface area contributed by atoms with Crippen molar-refractivity contribution in [1.29, 1.82) is 0 Å². The number of alkyl carbamates (subject to hydrolysis) is 1. The van der Waals surface area contributed by atoms with Gasteiger partial charge in [0.05, 0.1) is 10.5 Å². The van der Waals surface area contributed by atoms with Crippen molar-refractivity contribution in [3.63, 3.8) is 0 Å². The molecule has 160 valence electrons. The van der Waals surface area contributed by atoms with Crippen LogP contribution in [-0.2, 0) is 4.74 Å². The van der Waals surface area contributed by atoms with Crippen LogP contribution in [0.2, 0.25) is 5.15 Å². The molecule has 0 bridgehead atoms. The predicted molar refractivity (Wildman–Crippen MR) is 120 cm³/mol. The van der Waals surface area contributed by atoms with Gasteiger partial charge in [-0.05, 0) is 22.3 Å². The SMILES string of the molecule is O=C(NCCC#Cc1cc([N+](=O)[O-])cnc1Cl)OCC1c2ccccc2-c2ccccc21. The molecule has 0 radical (unpaired) electrons. The standard InChI is InChI=1S/C24H18ClN3O4/c25-23-16(13-17(14-27-23)28(30)31)7-5-6-12-26-24(29)32-15-22-20-10-3-1-8-18(20)19-9-2-4-11-21(19)22/h1-4,8-11,13-14,22H,6,12,15H2,(H,26,29). The first kappa shape index (κ1) is 21.3. The van der Waals surface area contributed by atoms with E-state index in [0.717, 1.165) is 17.3 Å². The number of hydrogen-bond donors (Lipinski definition) is 1. The molecule has 0 aliphatic heterocycles. The molecule has 0 fully saturated rings. The van der Waals surface area contributed by atoms with E-state index in [2.05, 4.69) is 46.4 Å². The number of fused-ring (bicyclic) bond motifs is 3. The van der Waals surface area contributed by atoms with Gasteiger partial charge in [0.25, 0.3) is 5.69 Å². The van der Waals surface area contributed by atoms with Gasteiger partial charge in [0.1, 0.15) is 18.0 Å². The quantitative estimate of drug-likeness (QED) is 0.197. The second kappa shape index (κ2) is 9.50. The molecule has 0 saturated carbocycles. The number of rotatable bonds is 5. The number of amides is 1. The van der Waals surface area contributed by atoms with Crippen LogP contribution in [0.3, 0.4) is 0 Å². The number of nitrogens with one attached hydrogen (secondary N) is 1. The summed E-state index contributed by atoms with van der Waals surface area (Å²) in [6.07, 6.45) is 0.874. The normalized spacial score (nSPS) is 11.7. The number of aromatic nitrogens is 1. The molecule has 1 N–H and O–H groups in total. The van der Waals surface area contributed by atoms with Crippen LogP contribution in [0.1, 0.15) is 29.0 Å². The Kier molecular flexibility index (Phi) is 6.34. The highest BCUT2D eigenvalue weighted by Crippen LogP contribution is 2.44. The van der Waals surface area contributed by atoms with Crippen molar-refractivity contribution in [2.45, 2.75) is 12.3 Å². The molecular weight excluding hydrogens is 430 g/mol. The van der Waals surface area contributed by atoms with E-state index in [1.807, 2.05) is 24.3 Å². The summed E-state index contributed by atoms with van der Waals surface area (Å²) in [6, 6.07) is 17.5. The van der Waals surface area contributed by atoms with E-state index in [4.69, 9.17) is 16.3 Å². The number of halogens is 1. The fourth-order valence-corrected chi connectivity index (χ4v) is 3.81. The summed E-state index contributed by atoms with van der Waals surface area (Å²) in [4.78, 5) is 26.2. The Morgan fingerprint density at radius 1 is 1.16 bits per heavy atom. The fourth-order valence-electron chi connectivity index (χ4n) is 3.66. The lowest BCUT2D eigenvalue weighted by molar-refractivity contribution is -0.385. The molecule has 0 unspecified atom stereocenters. The average Bonchev–Trinajstić information content (AvgIpc) is 3.12. The number of pyridine rings is 1. The monoisotopic (exact) mass is 447 g/mol. The molecular formula is C24H18ClN3O4. The largest absolute Gasteiger partial charge is 0.449 e. The van der Waals surface area contributed by atoms with Crippen LogP contribution in [0.5, 0.6) is 0 Å². The third-order valence-electron chi connectivity index (χ3n) is 5.12. The van der Waals surface area contributed by atoms with Gasteiger partial charge < -0.3 is 10.1 Å². The number of nitrogens with zero attached hydrogens (tertiary/aromatic N) is 2. The van der Waals surface area contributed by atoms with Crippen LogP contribution in [0.4, 0.5) is 10.5 Å². The Morgan fingerprint density at radius 2 is 1.81 bits per heavy atom. The summed E-state index contributed by atoms with van der Waals surface area (Å²) in [5.41, 5.74) is 4.71. The third-order valence-corrected chi connectivity index (χ3v) is 5.42. The lowest BCUT2D eigenvalue weighted by Crippen LogP contribution is -2.26. The summed E-state index contributed by atoms with van der Waals surface area (Å²) in [6.45, 7) is 0.504. The zero-order valence-corrected chi connectivity index (χ0v) is 17.6. The average molecular weight is 448 g/mol. The minimum atomic E-state index is -0.562. The van der Waals surface area contributed by atoms with Crippen LogP contribution in [0, 0.1) is 22.0 Å². The van der Waals surface area contributed by atoms with Gasteiger partial charge in [-0.1, -0.05) is 72.0 Å². The third kappa shape index (κ3) is 4.56. The van der Waals surface area contributed by atoms with Gasteiger partial charge in [0.15, 0.2) is 0 Å². The van der Waals surface area contributed by atoms with Crippen molar-refractivity contribution < 1.29 is 14.5 Å². The molecule has 8 heteroatoms. The lowest BCUT2D eigenvalue weighted by atomic mass is 9.98. The molecule has 0 spiro atoms. The summed E-state index contributed by atoms with van der Waals surface area (Å²) < 4.78 is 5.46. The van der Waals surface area contributed by atoms with Crippen molar-refractivity contribution >= 4 is 23.4 Å². The first-order chi connectivity index (χ1) is 15.5. The Balaban J connectivity index is 1.30. The molecule has 1 amide bonds. The summed E-state index contributed by atoms with van der Waals surface area (Å²) >= 11 is 5.91. The van der Waals surface area contributed by atoms with Gasteiger partial charge in [-0.15, -0.1) is 0 Å². The molecule has 0 saturated heterocycles. The molecule has 7 nitrogen and oxygen atoms in total. The Bertz CT molecular complexity index is 1200. The number of nitro groups is 1. The maximum Gasteiger partial charge on any atom is 0.407 e. The lowest BCUT2D eigenvalue weighted by Gasteiger charge is -2.14. The van der Waals surface area contributed by atoms with Crippen LogP contribution in [0.25, 0.3) is 11.1 Å². The van der Waals surface area contributed by atoms with Crippen LogP contribution >= 0.6 is 11.6 Å². The number of carbonyl (C=O) groups excluding carboxylic acids is 1. The molecule has 2 aromatic carbocycles. The summed E-state index contributed by atoms with van der Waals surface area (Å²) in [7, 11) is 0. The second-order valence-electron chi connectivity index (χ2n) is 7.09. The molecule has 1 aliphatic rings. The topological polar surface area (TPSA) is 94.4 Å². The van der Waals surface area contributed by atoms with E-state index in [-0.39, 0.29) is 35.5 Å². The van der Waals surface area contributed by atoms with E-state index in [0.29, 0.717) is 6.42 Å². The van der Waals surface area contributed by atoms with Crippen molar-refractivity contribution in [1.82, 2.24) is 10.3 Å². The highest BCUT2D eigenvalue weighted by Gasteiger charge is 2.28. The first-order valence-corrected chi connectivity index (χ1v) is 10.3. The van der Waals surface area contributed by atoms with Gasteiger partial charge >= 0.3 is 6.09 Å². The molecule has 1 heterocycles. The smallest absolute Gasteiger partial charge is 0.407 e. The predicted octanol–water partition coefficient (Wildman–Crippen LogP) is 4.92. The fraction of sp³-hybridized carbons (Fsp3) is 0.167. The Morgan fingerprint density at radius 3 is 2.47 bits per heavy atom. The highest BCUT2D eigenvalue weighted by molar-refractivity contribution is 6.30. The first-order valence-electron chi connectivity index (χ1n) is 9.92. The number of hydrogen-bond acceptors (Lipinski definition) is 5. The maximum absolute atomic E-state index is 12.1. The van der Waals surface area contributed by atoms with Crippen LogP contribution < -0.4 is 5.32 Å². The van der Waals surface area contributed by atoms with Crippen LogP contribution in [-0.4, -0.2) is 29.2 Å². The van der Waals surface area contributed by atoms with Crippen molar-refractivity contribution in [3.8, 4) is 23.0 Å². The van der Waals surface area contributed by atoms with E-state index in [9.17, 15) is 14.9 Å². The van der Waals surface area contributed by atoms with Gasteiger partial charge in [-0.2, -0.15) is 0 Å². The minimum Gasteiger partial charge on any atom is -0.449 e. The summed E-state index contributed by atoms with van der Waals surface area (Å²) in [5.74, 6) is 5.56. The summed E-state index contributed by atoms with van der Waals surface area (Å²) in [5, 5.41) is 13.6. The van der Waals surface area contributed by atoms with Crippen molar-refractivity contribution in [2.75, 3.05) is 13.2 Å². The minimum absolute atomic E-state index is 0.00328. The van der Waals surface area contributed by atoms with Crippen LogP contribution in [0.15, 0.2) is 60.8 Å². The molecule has 3 aromatic rings. The van der Waals surface area contributed by atoms with E-state index >= 15 is 0 Å². The van der Waals surface area contributed by atoms with E-state index < -0.39 is 11.0 Å². The molecule has 4 rings (SSSR count). The number of ether oxygens (including phenoxy) is 1. The van der Waals surface area contributed by atoms with E-state index in [1.165, 1.54) is 17.2 Å². The number of benzene rings is 2. The Hall–Kier alpha value is -3.89. The number of carbonyl (C=O) groups is 1. The molecule has 0 atom stereocenters. The zero-order valence-electron chi connectivity index (χ0n) is 16.9. The molecule has 1 aliphatic carbocycles. The van der Waals surface area contributed by atoms with Gasteiger partial charge in [0, 0.05) is 24.9 Å². The maximum atomic E-state index is 12.1. The van der Waals surface area contributed by atoms with E-state index in [1.54, 1.807) is 0 Å². The van der Waals surface area contributed by atoms with Gasteiger partial charge in [0.2, 0.25) is 0 Å². The second-order valence-corrected chi connectivity index (χ2v) is 7.45. The molecule has 32 heavy (non-hydrogen) atoms. The Labute approximate surface area is 189 Å². The van der Waals surface area contributed by atoms with Gasteiger partial charge in [-0.25, -0.2) is 9.78 Å². The van der Waals surface area contributed by atoms with Crippen molar-refractivity contribution in [2.24, 2.45) is 0 Å². The zero-order chi connectivity index (χ0) is 22.5. The van der Waals surface area contributed by atoms with Gasteiger partial charge in [-0.3, -0.25) is 10.1 Å².